The van der Waals surface area contributed by atoms with E-state index >= 15 is 0 Å². The van der Waals surface area contributed by atoms with Gasteiger partial charge in [0.1, 0.15) is 0 Å². The summed E-state index contributed by atoms with van der Waals surface area (Å²) < 4.78 is 5.24. The van der Waals surface area contributed by atoms with Crippen LogP contribution in [0.3, 0.4) is 0 Å². The summed E-state index contributed by atoms with van der Waals surface area (Å²) in [7, 11) is 0. The molecule has 3 heteroatoms. The second-order valence-electron chi connectivity index (χ2n) is 14.1. The van der Waals surface area contributed by atoms with Crippen molar-refractivity contribution in [2.24, 2.45) is 0 Å². The third kappa shape index (κ3) is 5.43. The number of rotatable bonds is 6. The lowest BCUT2D eigenvalue weighted by Gasteiger charge is -2.29. The first-order valence-corrected chi connectivity index (χ1v) is 20.3. The van der Waals surface area contributed by atoms with E-state index in [0.29, 0.717) is 0 Å². The Morgan fingerprint density at radius 1 is 0.309 bits per heavy atom. The Morgan fingerprint density at radius 3 is 1.73 bits per heavy atom. The Hall–Kier alpha value is -6.52. The molecule has 0 unspecified atom stereocenters. The second kappa shape index (κ2) is 13.1. The van der Waals surface area contributed by atoms with Crippen molar-refractivity contribution in [2.45, 2.75) is 0 Å². The normalized spacial score (nSPS) is 11.6. The second-order valence-corrected chi connectivity index (χ2v) is 16.2. The SMILES string of the molecule is c1ccc(-c2ccc(-c3cccc4ccccc34)cc2N(c2ccc(-c3cccc4c3sc3ccccc34)cc2)c2ccc3c(c2)sc2ccccc23)cc1. The van der Waals surface area contributed by atoms with Gasteiger partial charge in [0.15, 0.2) is 0 Å². The van der Waals surface area contributed by atoms with Crippen molar-refractivity contribution in [3.05, 3.63) is 200 Å². The first-order chi connectivity index (χ1) is 27.3. The summed E-state index contributed by atoms with van der Waals surface area (Å²) in [6, 6.07) is 73.5. The fraction of sp³-hybridized carbons (Fsp3) is 0. The van der Waals surface area contributed by atoms with Crippen LogP contribution < -0.4 is 4.90 Å². The van der Waals surface area contributed by atoms with Gasteiger partial charge >= 0.3 is 0 Å². The number of fused-ring (bicyclic) bond motifs is 7. The third-order valence-electron chi connectivity index (χ3n) is 10.9. The predicted molar refractivity (Wildman–Crippen MR) is 241 cm³/mol. The number of anilines is 3. The molecule has 11 aromatic rings. The Labute approximate surface area is 327 Å². The van der Waals surface area contributed by atoms with Crippen LogP contribution in [0.2, 0.25) is 0 Å². The molecule has 0 bridgehead atoms. The molecule has 258 valence electrons. The van der Waals surface area contributed by atoms with E-state index in [-0.39, 0.29) is 0 Å². The van der Waals surface area contributed by atoms with Crippen LogP contribution in [-0.2, 0) is 0 Å². The van der Waals surface area contributed by atoms with E-state index < -0.39 is 0 Å². The minimum Gasteiger partial charge on any atom is -0.310 e. The Bertz CT molecular complexity index is 3200. The fourth-order valence-corrected chi connectivity index (χ4v) is 10.6. The average Bonchev–Trinajstić information content (AvgIpc) is 3.82. The van der Waals surface area contributed by atoms with Crippen molar-refractivity contribution in [1.82, 2.24) is 0 Å². The molecular formula is C52H33NS2. The van der Waals surface area contributed by atoms with Gasteiger partial charge in [0.2, 0.25) is 0 Å². The molecule has 11 rings (SSSR count). The first kappa shape index (κ1) is 32.0. The Morgan fingerprint density at radius 2 is 0.891 bits per heavy atom. The highest BCUT2D eigenvalue weighted by molar-refractivity contribution is 7.26. The van der Waals surface area contributed by atoms with Crippen molar-refractivity contribution in [1.29, 1.82) is 0 Å². The van der Waals surface area contributed by atoms with E-state index in [9.17, 15) is 0 Å². The van der Waals surface area contributed by atoms with Crippen molar-refractivity contribution in [2.75, 3.05) is 4.90 Å². The molecule has 0 fully saturated rings. The van der Waals surface area contributed by atoms with E-state index in [0.717, 1.165) is 17.1 Å². The highest BCUT2D eigenvalue weighted by Crippen LogP contribution is 2.47. The van der Waals surface area contributed by atoms with Crippen molar-refractivity contribution >= 4 is 90.9 Å². The first-order valence-electron chi connectivity index (χ1n) is 18.7. The van der Waals surface area contributed by atoms with Crippen molar-refractivity contribution in [3.63, 3.8) is 0 Å². The molecule has 9 aromatic carbocycles. The van der Waals surface area contributed by atoms with Gasteiger partial charge in [-0.15, -0.1) is 22.7 Å². The Kier molecular flexibility index (Phi) is 7.61. The standard InChI is InChI=1S/C52H33NS2/c1-2-12-35(13-3-1)42-30-26-37(41-19-10-15-34-14-4-5-16-40(34)41)32-48(42)53(39-29-31-46-44-17-6-8-22-49(44)54-51(46)33-39)38-27-24-36(25-28-38)43-20-11-21-47-45-18-7-9-23-50(45)55-52(43)47/h1-33H. The zero-order valence-corrected chi connectivity index (χ0v) is 31.4. The summed E-state index contributed by atoms with van der Waals surface area (Å²) in [5, 5.41) is 7.74. The molecule has 0 aliphatic heterocycles. The van der Waals surface area contributed by atoms with Crippen LogP contribution in [0, 0.1) is 0 Å². The largest absolute Gasteiger partial charge is 0.310 e. The molecule has 2 aromatic heterocycles. The van der Waals surface area contributed by atoms with Gasteiger partial charge in [0.05, 0.1) is 5.69 Å². The van der Waals surface area contributed by atoms with Gasteiger partial charge in [-0.05, 0) is 81.1 Å². The monoisotopic (exact) mass is 735 g/mol. The molecule has 55 heavy (non-hydrogen) atoms. The van der Waals surface area contributed by atoms with E-state index in [4.69, 9.17) is 0 Å². The van der Waals surface area contributed by atoms with Crippen LogP contribution in [0.4, 0.5) is 17.1 Å². The topological polar surface area (TPSA) is 3.24 Å². The van der Waals surface area contributed by atoms with Crippen molar-refractivity contribution in [3.8, 4) is 33.4 Å². The summed E-state index contributed by atoms with van der Waals surface area (Å²) in [6.45, 7) is 0. The van der Waals surface area contributed by atoms with Crippen LogP contribution in [0.15, 0.2) is 200 Å². The highest BCUT2D eigenvalue weighted by Gasteiger charge is 2.21. The molecule has 0 radical (unpaired) electrons. The van der Waals surface area contributed by atoms with E-state index in [1.54, 1.807) is 0 Å². The molecule has 1 nitrogen and oxygen atoms in total. The minimum absolute atomic E-state index is 1.11. The molecule has 0 N–H and O–H groups in total. The van der Waals surface area contributed by atoms with Crippen LogP contribution in [0.1, 0.15) is 0 Å². The molecule has 0 atom stereocenters. The molecule has 0 aliphatic rings. The molecule has 0 saturated carbocycles. The summed E-state index contributed by atoms with van der Waals surface area (Å²) in [5.41, 5.74) is 10.6. The number of nitrogens with zero attached hydrogens (tertiary/aromatic N) is 1. The summed E-state index contributed by atoms with van der Waals surface area (Å²) in [5.74, 6) is 0. The lowest BCUT2D eigenvalue weighted by molar-refractivity contribution is 1.29. The maximum Gasteiger partial charge on any atom is 0.0546 e. The van der Waals surface area contributed by atoms with Crippen molar-refractivity contribution < 1.29 is 0 Å². The lowest BCUT2D eigenvalue weighted by atomic mass is 9.94. The van der Waals surface area contributed by atoms with Crippen LogP contribution in [-0.4, -0.2) is 0 Å². The van der Waals surface area contributed by atoms with Gasteiger partial charge in [0.25, 0.3) is 0 Å². The molecule has 0 saturated heterocycles. The average molecular weight is 736 g/mol. The number of hydrogen-bond acceptors (Lipinski definition) is 3. The maximum absolute atomic E-state index is 2.46. The highest BCUT2D eigenvalue weighted by atomic mass is 32.1. The predicted octanol–water partition coefficient (Wildman–Crippen LogP) is 16.0. The van der Waals surface area contributed by atoms with E-state index in [1.807, 2.05) is 22.7 Å². The summed E-state index contributed by atoms with van der Waals surface area (Å²) in [4.78, 5) is 2.46. The maximum atomic E-state index is 2.46. The van der Waals surface area contributed by atoms with Crippen LogP contribution in [0.25, 0.3) is 84.5 Å². The molecule has 0 amide bonds. The van der Waals surface area contributed by atoms with Gasteiger partial charge in [-0.2, -0.15) is 0 Å². The van der Waals surface area contributed by atoms with Gasteiger partial charge in [-0.25, -0.2) is 0 Å². The van der Waals surface area contributed by atoms with Gasteiger partial charge in [0, 0.05) is 57.3 Å². The van der Waals surface area contributed by atoms with E-state index in [1.165, 1.54) is 84.5 Å². The summed E-state index contributed by atoms with van der Waals surface area (Å²) in [6.07, 6.45) is 0. The number of thiophene rings is 2. The van der Waals surface area contributed by atoms with Crippen LogP contribution >= 0.6 is 22.7 Å². The quantitative estimate of drug-likeness (QED) is 0.164. The summed E-state index contributed by atoms with van der Waals surface area (Å²) >= 11 is 3.74. The van der Waals surface area contributed by atoms with Crippen LogP contribution in [0.5, 0.6) is 0 Å². The zero-order chi connectivity index (χ0) is 36.3. The fourth-order valence-electron chi connectivity index (χ4n) is 8.27. The Balaban J connectivity index is 1.14. The smallest absolute Gasteiger partial charge is 0.0546 e. The van der Waals surface area contributed by atoms with Gasteiger partial charge in [-0.3, -0.25) is 0 Å². The van der Waals surface area contributed by atoms with Gasteiger partial charge < -0.3 is 4.90 Å². The zero-order valence-electron chi connectivity index (χ0n) is 29.8. The van der Waals surface area contributed by atoms with E-state index in [2.05, 4.69) is 205 Å². The number of hydrogen-bond donors (Lipinski definition) is 0. The minimum atomic E-state index is 1.11. The number of benzene rings is 9. The molecule has 0 aliphatic carbocycles. The molecule has 0 spiro atoms. The molecule has 2 heterocycles. The molecular weight excluding hydrogens is 703 g/mol. The lowest BCUT2D eigenvalue weighted by Crippen LogP contribution is -2.11. The third-order valence-corrected chi connectivity index (χ3v) is 13.2. The van der Waals surface area contributed by atoms with Gasteiger partial charge in [-0.1, -0.05) is 158 Å².